The summed E-state index contributed by atoms with van der Waals surface area (Å²) in [5.74, 6) is -1.94. The number of aromatic nitrogens is 1. The minimum atomic E-state index is -4.19. The van der Waals surface area contributed by atoms with Gasteiger partial charge in [0.2, 0.25) is 0 Å². The molecule has 1 aliphatic rings. The van der Waals surface area contributed by atoms with Gasteiger partial charge in [0.15, 0.2) is 5.76 Å². The molecule has 4 aromatic rings. The summed E-state index contributed by atoms with van der Waals surface area (Å²) in [5.41, 5.74) is 1.43. The molecule has 1 atom stereocenters. The van der Waals surface area contributed by atoms with Gasteiger partial charge in [0.25, 0.3) is 10.0 Å². The number of ether oxygens (including phenoxy) is 1. The van der Waals surface area contributed by atoms with Gasteiger partial charge in [0.05, 0.1) is 16.6 Å². The Hall–Kier alpha value is -3.83. The van der Waals surface area contributed by atoms with Crippen LogP contribution in [0, 0.1) is 12.7 Å². The molecule has 38 heavy (non-hydrogen) atoms. The fourth-order valence-corrected chi connectivity index (χ4v) is 6.47. The van der Waals surface area contributed by atoms with Gasteiger partial charge in [0.1, 0.15) is 5.82 Å². The number of hydrogen-bond donors (Lipinski definition) is 0. The number of halogens is 2. The summed E-state index contributed by atoms with van der Waals surface area (Å²) >= 11 is 6.07. The molecule has 0 radical (unpaired) electrons. The molecule has 2 aromatic heterocycles. The molecule has 198 valence electrons. The second-order valence-corrected chi connectivity index (χ2v) is 10.9. The van der Waals surface area contributed by atoms with E-state index >= 15 is 4.39 Å². The Morgan fingerprint density at radius 2 is 1.97 bits per heavy atom. The van der Waals surface area contributed by atoms with Gasteiger partial charge >= 0.3 is 17.9 Å². The zero-order valence-electron chi connectivity index (χ0n) is 20.3. The number of nitrogens with zero attached hydrogens (tertiary/aromatic N) is 2. The average molecular weight is 561 g/mol. The first-order valence-electron chi connectivity index (χ1n) is 11.7. The van der Waals surface area contributed by atoms with Crippen molar-refractivity contribution in [2.75, 3.05) is 6.54 Å². The van der Waals surface area contributed by atoms with Crippen LogP contribution in [0.1, 0.15) is 36.3 Å². The van der Waals surface area contributed by atoms with Crippen molar-refractivity contribution in [3.05, 3.63) is 93.1 Å². The summed E-state index contributed by atoms with van der Waals surface area (Å²) in [6, 6.07) is 11.1. The molecular formula is C26H22ClFN2O7S. The highest BCUT2D eigenvalue weighted by Crippen LogP contribution is 2.44. The molecule has 0 bridgehead atoms. The quantitative estimate of drug-likeness (QED) is 0.304. The predicted molar refractivity (Wildman–Crippen MR) is 135 cm³/mol. The Morgan fingerprint density at radius 3 is 2.63 bits per heavy atom. The summed E-state index contributed by atoms with van der Waals surface area (Å²) in [7, 11) is -4.19. The number of hydrogen-bond acceptors (Lipinski definition) is 7. The molecule has 0 saturated carbocycles. The van der Waals surface area contributed by atoms with Crippen LogP contribution in [-0.2, 0) is 16.4 Å². The Labute approximate surface area is 222 Å². The van der Waals surface area contributed by atoms with Crippen LogP contribution in [-0.4, -0.2) is 29.9 Å². The van der Waals surface area contributed by atoms with Crippen molar-refractivity contribution < 1.29 is 31.2 Å². The van der Waals surface area contributed by atoms with Crippen molar-refractivity contribution in [1.29, 1.82) is 0 Å². The number of aryl methyl sites for hydroxylation is 1. The van der Waals surface area contributed by atoms with Crippen LogP contribution < -0.4 is 10.6 Å². The zero-order chi connectivity index (χ0) is 27.2. The lowest BCUT2D eigenvalue weighted by Crippen LogP contribution is -2.36. The molecule has 0 N–H and O–H groups in total. The van der Waals surface area contributed by atoms with E-state index in [1.54, 1.807) is 19.1 Å². The summed E-state index contributed by atoms with van der Waals surface area (Å²) in [5, 5.41) is 0.234. The minimum Gasteiger partial charge on any atom is -0.392 e. The summed E-state index contributed by atoms with van der Waals surface area (Å²) in [6.07, 6.45) is 1.44. The van der Waals surface area contributed by atoms with Gasteiger partial charge in [-0.25, -0.2) is 26.4 Å². The van der Waals surface area contributed by atoms with E-state index in [1.165, 1.54) is 54.4 Å². The first-order valence-corrected chi connectivity index (χ1v) is 13.5. The van der Waals surface area contributed by atoms with Crippen LogP contribution in [0.4, 0.5) is 9.18 Å². The third-order valence-electron chi connectivity index (χ3n) is 6.45. The molecule has 9 nitrogen and oxygen atoms in total. The van der Waals surface area contributed by atoms with Crippen molar-refractivity contribution in [2.45, 2.75) is 37.6 Å². The molecule has 0 saturated heterocycles. The van der Waals surface area contributed by atoms with Gasteiger partial charge in [-0.2, -0.15) is 0 Å². The number of benzene rings is 2. The summed E-state index contributed by atoms with van der Waals surface area (Å²) in [6.45, 7) is 3.35. The largest absolute Gasteiger partial charge is 0.521 e. The average Bonchev–Trinajstić information content (AvgIpc) is 3.54. The van der Waals surface area contributed by atoms with Crippen molar-refractivity contribution >= 4 is 27.7 Å². The maximum atomic E-state index is 15.0. The molecule has 12 heteroatoms. The van der Waals surface area contributed by atoms with E-state index in [9.17, 15) is 18.0 Å². The van der Waals surface area contributed by atoms with Gasteiger partial charge in [-0.05, 0) is 61.2 Å². The number of carbonyl (C=O) groups is 1. The van der Waals surface area contributed by atoms with Gasteiger partial charge in [-0.1, -0.05) is 29.8 Å². The van der Waals surface area contributed by atoms with E-state index in [4.69, 9.17) is 25.2 Å². The molecule has 0 aliphatic heterocycles. The first kappa shape index (κ1) is 25.8. The van der Waals surface area contributed by atoms with Crippen molar-refractivity contribution in [3.63, 3.8) is 0 Å². The highest BCUT2D eigenvalue weighted by molar-refractivity contribution is 7.90. The molecule has 0 fully saturated rings. The second kappa shape index (κ2) is 9.80. The SMILES string of the molecule is CCN(C(=O)Oc1oc(=O)oc1C)C1CCc2c1cn(S(=O)(=O)c1cccc(Cl)c1)c2-c1ccccc1F. The van der Waals surface area contributed by atoms with Crippen LogP contribution in [0.15, 0.2) is 73.3 Å². The number of amides is 1. The zero-order valence-corrected chi connectivity index (χ0v) is 21.9. The highest BCUT2D eigenvalue weighted by atomic mass is 35.5. The van der Waals surface area contributed by atoms with Gasteiger partial charge in [-0.3, -0.25) is 0 Å². The van der Waals surface area contributed by atoms with E-state index in [1.807, 2.05) is 0 Å². The fraction of sp³-hybridized carbons (Fsp3) is 0.231. The lowest BCUT2D eigenvalue weighted by molar-refractivity contribution is 0.123. The maximum Gasteiger partial charge on any atom is 0.521 e. The fourth-order valence-electron chi connectivity index (χ4n) is 4.76. The Morgan fingerprint density at radius 1 is 1.21 bits per heavy atom. The molecule has 2 heterocycles. The normalized spacial score (nSPS) is 14.9. The lowest BCUT2D eigenvalue weighted by atomic mass is 10.1. The van der Waals surface area contributed by atoms with E-state index < -0.39 is 33.8 Å². The minimum absolute atomic E-state index is 0.00659. The van der Waals surface area contributed by atoms with Crippen LogP contribution in [0.5, 0.6) is 5.95 Å². The van der Waals surface area contributed by atoms with E-state index in [2.05, 4.69) is 0 Å². The highest BCUT2D eigenvalue weighted by Gasteiger charge is 2.38. The van der Waals surface area contributed by atoms with Crippen molar-refractivity contribution in [1.82, 2.24) is 8.87 Å². The molecule has 5 rings (SSSR count). The Balaban J connectivity index is 1.62. The van der Waals surface area contributed by atoms with Crippen LogP contribution >= 0.6 is 11.6 Å². The van der Waals surface area contributed by atoms with E-state index in [0.717, 1.165) is 3.97 Å². The van der Waals surface area contributed by atoms with E-state index in [0.29, 0.717) is 24.0 Å². The van der Waals surface area contributed by atoms with Crippen LogP contribution in [0.2, 0.25) is 5.02 Å². The molecule has 0 spiro atoms. The summed E-state index contributed by atoms with van der Waals surface area (Å²) < 4.78 is 58.4. The van der Waals surface area contributed by atoms with Crippen LogP contribution in [0.25, 0.3) is 11.3 Å². The molecule has 1 unspecified atom stereocenters. The third-order valence-corrected chi connectivity index (χ3v) is 8.34. The smallest absolute Gasteiger partial charge is 0.392 e. The molecule has 2 aromatic carbocycles. The topological polar surface area (TPSA) is 112 Å². The Kier molecular flexibility index (Phi) is 6.66. The van der Waals surface area contributed by atoms with Crippen molar-refractivity contribution in [3.8, 4) is 17.2 Å². The third kappa shape index (κ3) is 4.41. The van der Waals surface area contributed by atoms with Gasteiger partial charge < -0.3 is 18.5 Å². The molecular weight excluding hydrogens is 539 g/mol. The van der Waals surface area contributed by atoms with Gasteiger partial charge in [0, 0.05) is 30.3 Å². The molecule has 1 aliphatic carbocycles. The number of carbonyl (C=O) groups excluding carboxylic acids is 1. The second-order valence-electron chi connectivity index (χ2n) is 8.66. The monoisotopic (exact) mass is 560 g/mol. The van der Waals surface area contributed by atoms with Crippen molar-refractivity contribution in [2.24, 2.45) is 0 Å². The maximum absolute atomic E-state index is 15.0. The number of rotatable bonds is 6. The standard InChI is InChI=1S/C26H22ClFN2O7S/c1-3-29(25(31)36-24-15(2)35-26(32)37-24)22-12-11-18-20(22)14-30(23(18)19-9-4-5-10-21(19)28)38(33,34)17-8-6-7-16(27)13-17/h4-10,13-14,22H,3,11-12H2,1-2H3. The summed E-state index contributed by atoms with van der Waals surface area (Å²) in [4.78, 5) is 25.7. The van der Waals surface area contributed by atoms with Crippen LogP contribution in [0.3, 0.4) is 0 Å². The molecule has 1 amide bonds. The lowest BCUT2D eigenvalue weighted by Gasteiger charge is -2.26. The first-order chi connectivity index (χ1) is 18.1. The number of fused-ring (bicyclic) bond motifs is 1. The van der Waals surface area contributed by atoms with E-state index in [-0.39, 0.29) is 39.4 Å². The Bertz CT molecular complexity index is 1710. The predicted octanol–water partition coefficient (Wildman–Crippen LogP) is 5.55. The van der Waals surface area contributed by atoms with Gasteiger partial charge in [-0.15, -0.1) is 0 Å².